The molecule has 0 heterocycles. The third-order valence-electron chi connectivity index (χ3n) is 2.16. The summed E-state index contributed by atoms with van der Waals surface area (Å²) in [4.78, 5) is 32.3. The van der Waals surface area contributed by atoms with Crippen molar-refractivity contribution in [1.82, 2.24) is 0 Å². The van der Waals surface area contributed by atoms with Crippen LogP contribution in [0.3, 0.4) is 0 Å². The van der Waals surface area contributed by atoms with Crippen LogP contribution in [-0.4, -0.2) is 30.0 Å². The van der Waals surface area contributed by atoms with Gasteiger partial charge < -0.3 is 14.8 Å². The predicted octanol–water partition coefficient (Wildman–Crippen LogP) is 1.50. The van der Waals surface area contributed by atoms with Crippen LogP contribution in [0.25, 0.3) is 0 Å². The van der Waals surface area contributed by atoms with Gasteiger partial charge in [0.2, 0.25) is 0 Å². The van der Waals surface area contributed by atoms with Crippen LogP contribution in [0.4, 0.5) is 11.4 Å². The van der Waals surface area contributed by atoms with Gasteiger partial charge in [-0.25, -0.2) is 0 Å². The van der Waals surface area contributed by atoms with Crippen molar-refractivity contribution in [3.63, 3.8) is 0 Å². The van der Waals surface area contributed by atoms with E-state index in [0.29, 0.717) is 12.4 Å². The van der Waals surface area contributed by atoms with E-state index in [2.05, 4.69) is 10.1 Å². The molecule has 0 fully saturated rings. The number of amides is 1. The highest BCUT2D eigenvalue weighted by molar-refractivity contribution is 5.94. The lowest BCUT2D eigenvalue weighted by Gasteiger charge is -2.08. The maximum atomic E-state index is 11.5. The molecule has 8 heteroatoms. The van der Waals surface area contributed by atoms with E-state index >= 15 is 0 Å². The fourth-order valence-corrected chi connectivity index (χ4v) is 1.38. The molecule has 0 aliphatic heterocycles. The molecule has 1 rings (SSSR count). The highest BCUT2D eigenvalue weighted by Crippen LogP contribution is 2.29. The summed E-state index contributed by atoms with van der Waals surface area (Å²) >= 11 is 0. The molecular weight excluding hydrogens is 268 g/mol. The van der Waals surface area contributed by atoms with Gasteiger partial charge in [0.25, 0.3) is 11.6 Å². The van der Waals surface area contributed by atoms with Gasteiger partial charge in [0.15, 0.2) is 6.61 Å². The average molecular weight is 282 g/mol. The van der Waals surface area contributed by atoms with Gasteiger partial charge in [-0.1, -0.05) is 0 Å². The normalized spacial score (nSPS) is 9.70. The van der Waals surface area contributed by atoms with Gasteiger partial charge in [-0.3, -0.25) is 19.7 Å². The molecule has 0 radical (unpaired) electrons. The molecule has 0 saturated carbocycles. The number of hydrogen-bond acceptors (Lipinski definition) is 6. The zero-order valence-corrected chi connectivity index (χ0v) is 11.0. The van der Waals surface area contributed by atoms with E-state index in [1.165, 1.54) is 18.2 Å². The third kappa shape index (κ3) is 4.56. The van der Waals surface area contributed by atoms with Crippen molar-refractivity contribution in [2.75, 3.05) is 18.5 Å². The van der Waals surface area contributed by atoms with Crippen molar-refractivity contribution in [2.24, 2.45) is 0 Å². The Hall–Kier alpha value is -2.64. The summed E-state index contributed by atoms with van der Waals surface area (Å²) in [7, 11) is 0. The van der Waals surface area contributed by atoms with E-state index in [4.69, 9.17) is 4.74 Å². The number of anilines is 1. The molecule has 108 valence electrons. The van der Waals surface area contributed by atoms with Crippen LogP contribution in [0, 0.1) is 10.1 Å². The van der Waals surface area contributed by atoms with Gasteiger partial charge in [0.1, 0.15) is 11.4 Å². The first-order valence-electron chi connectivity index (χ1n) is 5.78. The molecule has 1 aromatic carbocycles. The summed E-state index contributed by atoms with van der Waals surface area (Å²) in [5, 5.41) is 13.2. The van der Waals surface area contributed by atoms with Gasteiger partial charge in [0.05, 0.1) is 17.6 Å². The molecule has 0 saturated heterocycles. The first-order chi connectivity index (χ1) is 9.43. The second-order valence-electron chi connectivity index (χ2n) is 3.70. The van der Waals surface area contributed by atoms with E-state index in [-0.39, 0.29) is 11.4 Å². The molecule has 0 aromatic heterocycles. The van der Waals surface area contributed by atoms with Crippen molar-refractivity contribution < 1.29 is 24.0 Å². The van der Waals surface area contributed by atoms with Crippen molar-refractivity contribution in [3.05, 3.63) is 28.3 Å². The van der Waals surface area contributed by atoms with E-state index in [0.717, 1.165) is 6.92 Å². The molecule has 0 aliphatic rings. The summed E-state index contributed by atoms with van der Waals surface area (Å²) in [5.74, 6) is -0.939. The topological polar surface area (TPSA) is 108 Å². The van der Waals surface area contributed by atoms with E-state index in [1.807, 2.05) is 0 Å². The minimum atomic E-state index is -0.660. The van der Waals surface area contributed by atoms with E-state index in [1.54, 1.807) is 6.92 Å². The number of ether oxygens (including phenoxy) is 2. The zero-order chi connectivity index (χ0) is 15.1. The summed E-state index contributed by atoms with van der Waals surface area (Å²) in [5.41, 5.74) is -0.289. The Labute approximate surface area is 114 Å². The maximum Gasteiger partial charge on any atom is 0.303 e. The highest BCUT2D eigenvalue weighted by atomic mass is 16.6. The quantitative estimate of drug-likeness (QED) is 0.481. The Morgan fingerprint density at radius 3 is 2.65 bits per heavy atom. The van der Waals surface area contributed by atoms with Crippen LogP contribution in [-0.2, 0) is 14.3 Å². The van der Waals surface area contributed by atoms with Crippen molar-refractivity contribution in [2.45, 2.75) is 13.8 Å². The molecule has 1 aromatic rings. The number of nitro groups is 1. The largest absolute Gasteiger partial charge is 0.494 e. The number of rotatable bonds is 6. The second kappa shape index (κ2) is 7.07. The number of carbonyl (C=O) groups is 2. The first-order valence-corrected chi connectivity index (χ1v) is 5.78. The fourth-order valence-electron chi connectivity index (χ4n) is 1.38. The molecular formula is C12H14N2O6. The maximum absolute atomic E-state index is 11.5. The number of nitro benzene ring substituents is 1. The Morgan fingerprint density at radius 1 is 1.40 bits per heavy atom. The number of benzene rings is 1. The van der Waals surface area contributed by atoms with Crippen LogP contribution in [0.2, 0.25) is 0 Å². The predicted molar refractivity (Wildman–Crippen MR) is 69.5 cm³/mol. The molecule has 0 bridgehead atoms. The molecule has 1 N–H and O–H groups in total. The molecule has 0 atom stereocenters. The second-order valence-corrected chi connectivity index (χ2v) is 3.70. The number of hydrogen-bond donors (Lipinski definition) is 1. The molecule has 0 aliphatic carbocycles. The zero-order valence-electron chi connectivity index (χ0n) is 11.0. The Bertz CT molecular complexity index is 529. The smallest absolute Gasteiger partial charge is 0.303 e. The van der Waals surface area contributed by atoms with Crippen molar-refractivity contribution >= 4 is 23.3 Å². The van der Waals surface area contributed by atoms with Gasteiger partial charge >= 0.3 is 5.97 Å². The summed E-state index contributed by atoms with van der Waals surface area (Å²) < 4.78 is 9.64. The van der Waals surface area contributed by atoms with Gasteiger partial charge in [-0.05, 0) is 19.1 Å². The number of nitrogens with one attached hydrogen (secondary N) is 1. The minimum absolute atomic E-state index is 0.00982. The SMILES string of the molecule is CCOc1ccc(NC(=O)COC(C)=O)c([N+](=O)[O-])c1. The summed E-state index contributed by atoms with van der Waals surface area (Å²) in [6.07, 6.45) is 0. The van der Waals surface area contributed by atoms with Gasteiger partial charge in [-0.15, -0.1) is 0 Å². The third-order valence-corrected chi connectivity index (χ3v) is 2.16. The molecule has 0 unspecified atom stereocenters. The lowest BCUT2D eigenvalue weighted by Crippen LogP contribution is -2.20. The lowest BCUT2D eigenvalue weighted by atomic mass is 10.2. The first kappa shape index (κ1) is 15.4. The van der Waals surface area contributed by atoms with Crippen LogP contribution in [0.15, 0.2) is 18.2 Å². The van der Waals surface area contributed by atoms with Crippen LogP contribution in [0.1, 0.15) is 13.8 Å². The monoisotopic (exact) mass is 282 g/mol. The minimum Gasteiger partial charge on any atom is -0.494 e. The molecule has 20 heavy (non-hydrogen) atoms. The van der Waals surface area contributed by atoms with E-state index in [9.17, 15) is 19.7 Å². The number of carbonyl (C=O) groups excluding carboxylic acids is 2. The van der Waals surface area contributed by atoms with Crippen LogP contribution in [0.5, 0.6) is 5.75 Å². The van der Waals surface area contributed by atoms with Crippen LogP contribution >= 0.6 is 0 Å². The molecule has 8 nitrogen and oxygen atoms in total. The standard InChI is InChI=1S/C12H14N2O6/c1-3-19-9-4-5-10(11(6-9)14(17)18)13-12(16)7-20-8(2)15/h4-6H,3,7H2,1-2H3,(H,13,16). The number of nitrogens with zero attached hydrogens (tertiary/aromatic N) is 1. The highest BCUT2D eigenvalue weighted by Gasteiger charge is 2.17. The lowest BCUT2D eigenvalue weighted by molar-refractivity contribution is -0.384. The number of esters is 1. The van der Waals surface area contributed by atoms with Crippen molar-refractivity contribution in [3.8, 4) is 5.75 Å². The van der Waals surface area contributed by atoms with E-state index < -0.39 is 23.4 Å². The summed E-state index contributed by atoms with van der Waals surface area (Å²) in [6.45, 7) is 2.78. The Morgan fingerprint density at radius 2 is 2.10 bits per heavy atom. The average Bonchev–Trinajstić information content (AvgIpc) is 2.38. The fraction of sp³-hybridized carbons (Fsp3) is 0.333. The molecule has 0 spiro atoms. The van der Waals surface area contributed by atoms with Crippen LogP contribution < -0.4 is 10.1 Å². The Kier molecular flexibility index (Phi) is 5.45. The summed E-state index contributed by atoms with van der Waals surface area (Å²) in [6, 6.07) is 4.07. The van der Waals surface area contributed by atoms with Crippen molar-refractivity contribution in [1.29, 1.82) is 0 Å². The van der Waals surface area contributed by atoms with Gasteiger partial charge in [0, 0.05) is 6.92 Å². The van der Waals surface area contributed by atoms with Gasteiger partial charge in [-0.2, -0.15) is 0 Å². The molecule has 1 amide bonds. The Balaban J connectivity index is 2.85.